The fraction of sp³-hybridized carbons (Fsp3) is 0.462. The minimum absolute atomic E-state index is 0.128. The van der Waals surface area contributed by atoms with Gasteiger partial charge in [0.05, 0.1) is 17.6 Å². The SMILES string of the molecule is CCOc1ccc(S(=O)(=O)NC2CC(O)C2)cc1C(=O)O. The number of aromatic carboxylic acids is 1. The van der Waals surface area contributed by atoms with Crippen LogP contribution in [-0.4, -0.2) is 43.4 Å². The quantitative estimate of drug-likeness (QED) is 0.708. The number of carboxylic acid groups (broad SMARTS) is 1. The van der Waals surface area contributed by atoms with Crippen molar-refractivity contribution in [3.8, 4) is 5.75 Å². The molecule has 0 saturated heterocycles. The molecule has 1 saturated carbocycles. The predicted molar refractivity (Wildman–Crippen MR) is 73.9 cm³/mol. The Bertz CT molecular complexity index is 636. The lowest BCUT2D eigenvalue weighted by molar-refractivity contribution is 0.0691. The first-order valence-corrected chi connectivity index (χ1v) is 8.02. The van der Waals surface area contributed by atoms with Crippen LogP contribution in [0.15, 0.2) is 23.1 Å². The maximum Gasteiger partial charge on any atom is 0.339 e. The summed E-state index contributed by atoms with van der Waals surface area (Å²) in [6.45, 7) is 1.99. The third-order valence-electron chi connectivity index (χ3n) is 3.23. The molecular formula is C13H17NO6S. The summed E-state index contributed by atoms with van der Waals surface area (Å²) >= 11 is 0. The highest BCUT2D eigenvalue weighted by Gasteiger charge is 2.31. The number of ether oxygens (including phenoxy) is 1. The first-order chi connectivity index (χ1) is 9.83. The molecule has 0 amide bonds. The summed E-state index contributed by atoms with van der Waals surface area (Å²) in [6.07, 6.45) is 0.247. The zero-order valence-corrected chi connectivity index (χ0v) is 12.3. The van der Waals surface area contributed by atoms with Gasteiger partial charge in [-0.15, -0.1) is 0 Å². The third kappa shape index (κ3) is 3.52. The maximum atomic E-state index is 12.2. The van der Waals surface area contributed by atoms with Crippen LogP contribution in [0.5, 0.6) is 5.75 Å². The van der Waals surface area contributed by atoms with E-state index in [2.05, 4.69) is 4.72 Å². The molecule has 7 nitrogen and oxygen atoms in total. The second kappa shape index (κ2) is 6.00. The fourth-order valence-corrected chi connectivity index (χ4v) is 3.38. The third-order valence-corrected chi connectivity index (χ3v) is 4.74. The summed E-state index contributed by atoms with van der Waals surface area (Å²) in [4.78, 5) is 11.0. The summed E-state index contributed by atoms with van der Waals surface area (Å²) in [5.74, 6) is -1.13. The van der Waals surface area contributed by atoms with Gasteiger partial charge < -0.3 is 14.9 Å². The van der Waals surface area contributed by atoms with Crippen molar-refractivity contribution in [2.24, 2.45) is 0 Å². The summed E-state index contributed by atoms with van der Waals surface area (Å²) in [7, 11) is -3.81. The van der Waals surface area contributed by atoms with Crippen molar-refractivity contribution in [3.63, 3.8) is 0 Å². The fourth-order valence-electron chi connectivity index (χ4n) is 2.10. The van der Waals surface area contributed by atoms with Gasteiger partial charge in [-0.05, 0) is 38.0 Å². The Hall–Kier alpha value is -1.64. The molecule has 0 aliphatic heterocycles. The molecule has 0 atom stereocenters. The van der Waals surface area contributed by atoms with Crippen LogP contribution in [0.25, 0.3) is 0 Å². The van der Waals surface area contributed by atoms with E-state index in [0.717, 1.165) is 6.07 Å². The van der Waals surface area contributed by atoms with E-state index in [1.165, 1.54) is 12.1 Å². The summed E-state index contributed by atoms with van der Waals surface area (Å²) in [6, 6.07) is 3.39. The van der Waals surface area contributed by atoms with Crippen molar-refractivity contribution < 1.29 is 28.2 Å². The Balaban J connectivity index is 2.26. The molecule has 2 rings (SSSR count). The number of nitrogens with one attached hydrogen (secondary N) is 1. The van der Waals surface area contributed by atoms with Gasteiger partial charge in [0.1, 0.15) is 11.3 Å². The van der Waals surface area contributed by atoms with E-state index < -0.39 is 22.1 Å². The molecule has 21 heavy (non-hydrogen) atoms. The molecule has 0 unspecified atom stereocenters. The van der Waals surface area contributed by atoms with E-state index in [4.69, 9.17) is 14.9 Å². The van der Waals surface area contributed by atoms with Crippen LogP contribution in [-0.2, 0) is 10.0 Å². The van der Waals surface area contributed by atoms with Crippen molar-refractivity contribution in [1.29, 1.82) is 0 Å². The Morgan fingerprint density at radius 3 is 2.62 bits per heavy atom. The average molecular weight is 315 g/mol. The number of sulfonamides is 1. The Morgan fingerprint density at radius 1 is 1.43 bits per heavy atom. The highest BCUT2D eigenvalue weighted by Crippen LogP contribution is 2.25. The Morgan fingerprint density at radius 2 is 2.10 bits per heavy atom. The number of carbonyl (C=O) groups is 1. The maximum absolute atomic E-state index is 12.2. The molecule has 0 spiro atoms. The van der Waals surface area contributed by atoms with Gasteiger partial charge in [0.2, 0.25) is 10.0 Å². The lowest BCUT2D eigenvalue weighted by Crippen LogP contribution is -2.46. The summed E-state index contributed by atoms with van der Waals surface area (Å²) in [5.41, 5.74) is -0.201. The molecule has 1 fully saturated rings. The number of benzene rings is 1. The van der Waals surface area contributed by atoms with Gasteiger partial charge >= 0.3 is 5.97 Å². The molecule has 1 aromatic rings. The molecular weight excluding hydrogens is 298 g/mol. The van der Waals surface area contributed by atoms with Gasteiger partial charge in [0, 0.05) is 6.04 Å². The van der Waals surface area contributed by atoms with E-state index in [9.17, 15) is 13.2 Å². The molecule has 1 aliphatic rings. The van der Waals surface area contributed by atoms with E-state index in [1.807, 2.05) is 0 Å². The van der Waals surface area contributed by atoms with Gasteiger partial charge in [-0.1, -0.05) is 0 Å². The van der Waals surface area contributed by atoms with Crippen LogP contribution in [0.4, 0.5) is 0 Å². The van der Waals surface area contributed by atoms with Crippen LogP contribution in [0.3, 0.4) is 0 Å². The molecule has 1 aliphatic carbocycles. The molecule has 8 heteroatoms. The minimum Gasteiger partial charge on any atom is -0.493 e. The number of aliphatic hydroxyl groups is 1. The Kier molecular flexibility index (Phi) is 4.50. The molecule has 116 valence electrons. The minimum atomic E-state index is -3.81. The second-order valence-electron chi connectivity index (χ2n) is 4.84. The van der Waals surface area contributed by atoms with Gasteiger partial charge in [0.15, 0.2) is 0 Å². The molecule has 1 aromatic carbocycles. The lowest BCUT2D eigenvalue weighted by atomic mass is 9.91. The van der Waals surface area contributed by atoms with Crippen molar-refractivity contribution in [3.05, 3.63) is 23.8 Å². The first kappa shape index (κ1) is 15.7. The van der Waals surface area contributed by atoms with E-state index in [0.29, 0.717) is 12.8 Å². The number of hydrogen-bond donors (Lipinski definition) is 3. The van der Waals surface area contributed by atoms with Crippen molar-refractivity contribution >= 4 is 16.0 Å². The molecule has 0 heterocycles. The van der Waals surface area contributed by atoms with Gasteiger partial charge in [-0.25, -0.2) is 17.9 Å². The number of aliphatic hydroxyl groups excluding tert-OH is 1. The van der Waals surface area contributed by atoms with E-state index in [1.54, 1.807) is 6.92 Å². The monoisotopic (exact) mass is 315 g/mol. The normalized spacial score (nSPS) is 21.6. The summed E-state index contributed by atoms with van der Waals surface area (Å²) < 4.78 is 31.9. The van der Waals surface area contributed by atoms with Crippen molar-refractivity contribution in [1.82, 2.24) is 4.72 Å². The van der Waals surface area contributed by atoms with Gasteiger partial charge in [-0.2, -0.15) is 0 Å². The molecule has 3 N–H and O–H groups in total. The van der Waals surface area contributed by atoms with E-state index >= 15 is 0 Å². The van der Waals surface area contributed by atoms with Crippen molar-refractivity contribution in [2.45, 2.75) is 36.8 Å². The number of hydrogen-bond acceptors (Lipinski definition) is 5. The highest BCUT2D eigenvalue weighted by molar-refractivity contribution is 7.89. The van der Waals surface area contributed by atoms with Crippen LogP contribution in [0.2, 0.25) is 0 Å². The Labute approximate surface area is 122 Å². The van der Waals surface area contributed by atoms with Crippen LogP contribution in [0.1, 0.15) is 30.1 Å². The number of carboxylic acids is 1. The topological polar surface area (TPSA) is 113 Å². The average Bonchev–Trinajstić information content (AvgIpc) is 2.37. The van der Waals surface area contributed by atoms with Crippen molar-refractivity contribution in [2.75, 3.05) is 6.61 Å². The van der Waals surface area contributed by atoms with Crippen LogP contribution >= 0.6 is 0 Å². The summed E-state index contributed by atoms with van der Waals surface area (Å²) in [5, 5.41) is 18.3. The highest BCUT2D eigenvalue weighted by atomic mass is 32.2. The molecule has 0 bridgehead atoms. The zero-order valence-electron chi connectivity index (χ0n) is 11.4. The van der Waals surface area contributed by atoms with Crippen LogP contribution in [0, 0.1) is 0 Å². The molecule has 0 aromatic heterocycles. The van der Waals surface area contributed by atoms with Gasteiger partial charge in [-0.3, -0.25) is 0 Å². The zero-order chi connectivity index (χ0) is 15.6. The first-order valence-electron chi connectivity index (χ1n) is 6.54. The molecule has 0 radical (unpaired) electrons. The predicted octanol–water partition coefficient (Wildman–Crippen LogP) is 0.585. The second-order valence-corrected chi connectivity index (χ2v) is 6.55. The van der Waals surface area contributed by atoms with Crippen LogP contribution < -0.4 is 9.46 Å². The standard InChI is InChI=1S/C13H17NO6S/c1-2-20-12-4-3-10(7-11(12)13(16)17)21(18,19)14-8-5-9(15)6-8/h3-4,7-9,14-15H,2,5-6H2,1H3,(H,16,17). The van der Waals surface area contributed by atoms with E-state index in [-0.39, 0.29) is 28.9 Å². The lowest BCUT2D eigenvalue weighted by Gasteiger charge is -2.31. The largest absolute Gasteiger partial charge is 0.493 e. The number of rotatable bonds is 6. The van der Waals surface area contributed by atoms with Gasteiger partial charge in [0.25, 0.3) is 0 Å². The smallest absolute Gasteiger partial charge is 0.339 e.